The zero-order chi connectivity index (χ0) is 13.3. The molecule has 0 atom stereocenters. The number of rotatable bonds is 4. The molecular weight excluding hydrogens is 226 g/mol. The molecule has 0 aliphatic carbocycles. The minimum Gasteiger partial charge on any atom is -0.328 e. The van der Waals surface area contributed by atoms with Crippen molar-refractivity contribution in [1.29, 1.82) is 0 Å². The Kier molecular flexibility index (Phi) is 3.26. The maximum Gasteiger partial charge on any atom is 0.0951 e. The predicted molar refractivity (Wildman–Crippen MR) is 71.4 cm³/mol. The number of nitrogens with one attached hydrogen (secondary N) is 1. The van der Waals surface area contributed by atoms with E-state index in [9.17, 15) is 0 Å². The fourth-order valence-corrected chi connectivity index (χ4v) is 2.08. The van der Waals surface area contributed by atoms with Gasteiger partial charge in [0.05, 0.1) is 36.0 Å². The lowest BCUT2D eigenvalue weighted by Crippen LogP contribution is -2.35. The van der Waals surface area contributed by atoms with Gasteiger partial charge in [-0.3, -0.25) is 4.68 Å². The van der Waals surface area contributed by atoms with Crippen LogP contribution in [0.1, 0.15) is 30.8 Å². The first-order valence-corrected chi connectivity index (χ1v) is 6.12. The number of nitrogens with zero attached hydrogens (tertiary/aromatic N) is 4. The molecule has 0 saturated heterocycles. The molecule has 18 heavy (non-hydrogen) atoms. The monoisotopic (exact) mass is 247 g/mol. The Balaban J connectivity index is 2.31. The first-order chi connectivity index (χ1) is 8.44. The van der Waals surface area contributed by atoms with Crippen molar-refractivity contribution in [1.82, 2.24) is 24.6 Å². The molecule has 98 valence electrons. The van der Waals surface area contributed by atoms with E-state index in [0.717, 1.165) is 12.2 Å². The van der Waals surface area contributed by atoms with Crippen molar-refractivity contribution in [3.63, 3.8) is 0 Å². The lowest BCUT2D eigenvalue weighted by atomic mass is 10.0. The number of aryl methyl sites for hydroxylation is 2. The maximum absolute atomic E-state index is 4.37. The second-order valence-electron chi connectivity index (χ2n) is 5.20. The lowest BCUT2D eigenvalue weighted by molar-refractivity contribution is 0.413. The fraction of sp³-hybridized carbons (Fsp3) is 0.538. The van der Waals surface area contributed by atoms with E-state index in [1.807, 2.05) is 38.2 Å². The highest BCUT2D eigenvalue weighted by molar-refractivity contribution is 5.19. The molecule has 0 saturated carbocycles. The smallest absolute Gasteiger partial charge is 0.0951 e. The first kappa shape index (κ1) is 12.8. The highest BCUT2D eigenvalue weighted by Crippen LogP contribution is 2.20. The van der Waals surface area contributed by atoms with Gasteiger partial charge in [-0.2, -0.15) is 5.10 Å². The van der Waals surface area contributed by atoms with Crippen molar-refractivity contribution in [3.05, 3.63) is 35.7 Å². The van der Waals surface area contributed by atoms with Gasteiger partial charge in [-0.15, -0.1) is 0 Å². The quantitative estimate of drug-likeness (QED) is 0.889. The summed E-state index contributed by atoms with van der Waals surface area (Å²) in [5, 5.41) is 7.68. The predicted octanol–water partition coefficient (Wildman–Crippen LogP) is 1.43. The summed E-state index contributed by atoms with van der Waals surface area (Å²) in [6, 6.07) is 0. The zero-order valence-electron chi connectivity index (χ0n) is 11.7. The molecule has 2 aromatic rings. The van der Waals surface area contributed by atoms with E-state index in [2.05, 4.69) is 40.0 Å². The minimum absolute atomic E-state index is 0.0907. The highest BCUT2D eigenvalue weighted by atomic mass is 15.3. The van der Waals surface area contributed by atoms with Crippen LogP contribution in [-0.4, -0.2) is 26.4 Å². The van der Waals surface area contributed by atoms with Gasteiger partial charge in [0.1, 0.15) is 0 Å². The van der Waals surface area contributed by atoms with Gasteiger partial charge in [0, 0.05) is 18.8 Å². The van der Waals surface area contributed by atoms with Crippen LogP contribution in [0.5, 0.6) is 0 Å². The van der Waals surface area contributed by atoms with Crippen LogP contribution in [0.2, 0.25) is 0 Å². The van der Waals surface area contributed by atoms with E-state index in [1.54, 1.807) is 0 Å². The van der Waals surface area contributed by atoms with Crippen molar-refractivity contribution in [2.24, 2.45) is 7.05 Å². The largest absolute Gasteiger partial charge is 0.328 e. The van der Waals surface area contributed by atoms with Crippen molar-refractivity contribution in [3.8, 4) is 0 Å². The third-order valence-corrected chi connectivity index (χ3v) is 3.43. The Hall–Kier alpha value is -1.62. The van der Waals surface area contributed by atoms with E-state index >= 15 is 0 Å². The van der Waals surface area contributed by atoms with Crippen LogP contribution < -0.4 is 5.32 Å². The standard InChI is InChI=1S/C13H21N5/c1-10-11(7-17(5)16-10)8-18-9-15-6-12(18)13(2,3)14-4/h6-7,9,14H,8H2,1-5H3. The topological polar surface area (TPSA) is 47.7 Å². The third kappa shape index (κ3) is 2.31. The molecule has 0 amide bonds. The summed E-state index contributed by atoms with van der Waals surface area (Å²) in [4.78, 5) is 4.26. The van der Waals surface area contributed by atoms with Crippen LogP contribution in [0.15, 0.2) is 18.7 Å². The van der Waals surface area contributed by atoms with Crippen LogP contribution >= 0.6 is 0 Å². The average molecular weight is 247 g/mol. The molecule has 2 aromatic heterocycles. The van der Waals surface area contributed by atoms with Crippen molar-refractivity contribution < 1.29 is 0 Å². The van der Waals surface area contributed by atoms with E-state index in [0.29, 0.717) is 0 Å². The number of hydrogen-bond donors (Lipinski definition) is 1. The molecule has 1 N–H and O–H groups in total. The molecule has 0 aliphatic rings. The maximum atomic E-state index is 4.37. The van der Waals surface area contributed by atoms with Crippen LogP contribution in [0.3, 0.4) is 0 Å². The molecule has 2 rings (SSSR count). The van der Waals surface area contributed by atoms with Crippen molar-refractivity contribution >= 4 is 0 Å². The third-order valence-electron chi connectivity index (χ3n) is 3.43. The van der Waals surface area contributed by atoms with E-state index in [-0.39, 0.29) is 5.54 Å². The SMILES string of the molecule is CNC(C)(C)c1cncn1Cc1cn(C)nc1C. The second-order valence-corrected chi connectivity index (χ2v) is 5.20. The fourth-order valence-electron chi connectivity index (χ4n) is 2.08. The summed E-state index contributed by atoms with van der Waals surface area (Å²) in [6.07, 6.45) is 5.86. The van der Waals surface area contributed by atoms with Gasteiger partial charge in [-0.1, -0.05) is 0 Å². The minimum atomic E-state index is -0.0907. The van der Waals surface area contributed by atoms with Crippen LogP contribution in [0.4, 0.5) is 0 Å². The molecule has 5 nitrogen and oxygen atoms in total. The van der Waals surface area contributed by atoms with Crippen LogP contribution in [0, 0.1) is 6.92 Å². The Morgan fingerprint density at radius 3 is 2.67 bits per heavy atom. The van der Waals surface area contributed by atoms with Gasteiger partial charge in [0.25, 0.3) is 0 Å². The number of aromatic nitrogens is 4. The lowest BCUT2D eigenvalue weighted by Gasteiger charge is -2.25. The summed E-state index contributed by atoms with van der Waals surface area (Å²) in [7, 11) is 3.91. The van der Waals surface area contributed by atoms with E-state index in [1.165, 1.54) is 11.3 Å². The molecule has 0 bridgehead atoms. The number of hydrogen-bond acceptors (Lipinski definition) is 3. The zero-order valence-corrected chi connectivity index (χ0v) is 11.7. The molecule has 0 aromatic carbocycles. The molecule has 0 radical (unpaired) electrons. The van der Waals surface area contributed by atoms with E-state index < -0.39 is 0 Å². The van der Waals surface area contributed by atoms with Gasteiger partial charge in [-0.05, 0) is 27.8 Å². The highest BCUT2D eigenvalue weighted by Gasteiger charge is 2.22. The van der Waals surface area contributed by atoms with Gasteiger partial charge in [0.15, 0.2) is 0 Å². The summed E-state index contributed by atoms with van der Waals surface area (Å²) >= 11 is 0. The normalized spacial score (nSPS) is 12.1. The summed E-state index contributed by atoms with van der Waals surface area (Å²) < 4.78 is 4.02. The van der Waals surface area contributed by atoms with Crippen LogP contribution in [0.25, 0.3) is 0 Å². The summed E-state index contributed by atoms with van der Waals surface area (Å²) in [6.45, 7) is 7.14. The van der Waals surface area contributed by atoms with E-state index in [4.69, 9.17) is 0 Å². The second kappa shape index (κ2) is 4.57. The summed E-state index contributed by atoms with van der Waals surface area (Å²) in [5.74, 6) is 0. The van der Waals surface area contributed by atoms with Crippen LogP contribution in [-0.2, 0) is 19.1 Å². The van der Waals surface area contributed by atoms with Gasteiger partial charge >= 0.3 is 0 Å². The van der Waals surface area contributed by atoms with Gasteiger partial charge < -0.3 is 9.88 Å². The molecule has 0 unspecified atom stereocenters. The Morgan fingerprint density at radius 1 is 1.39 bits per heavy atom. The number of imidazole rings is 1. The molecule has 0 aliphatic heterocycles. The Bertz CT molecular complexity index is 535. The molecular formula is C13H21N5. The molecule has 2 heterocycles. The Morgan fingerprint density at radius 2 is 2.11 bits per heavy atom. The van der Waals surface area contributed by atoms with Gasteiger partial charge in [-0.25, -0.2) is 4.98 Å². The first-order valence-electron chi connectivity index (χ1n) is 6.12. The molecule has 0 fully saturated rings. The van der Waals surface area contributed by atoms with Crippen molar-refractivity contribution in [2.45, 2.75) is 32.9 Å². The van der Waals surface area contributed by atoms with Gasteiger partial charge in [0.2, 0.25) is 0 Å². The Labute approximate surface area is 108 Å². The molecule has 5 heteroatoms. The average Bonchev–Trinajstić information content (AvgIpc) is 2.87. The molecule has 0 spiro atoms. The van der Waals surface area contributed by atoms with Crippen molar-refractivity contribution in [2.75, 3.05) is 7.05 Å². The summed E-state index contributed by atoms with van der Waals surface area (Å²) in [5.41, 5.74) is 3.38.